The van der Waals surface area contributed by atoms with Crippen molar-refractivity contribution in [1.82, 2.24) is 15.0 Å². The van der Waals surface area contributed by atoms with Gasteiger partial charge in [-0.25, -0.2) is 0 Å². The molecule has 0 aliphatic rings. The summed E-state index contributed by atoms with van der Waals surface area (Å²) in [4.78, 5) is 11.6. The molecular formula is C9H9N3OS. The molecule has 0 aromatic carbocycles. The van der Waals surface area contributed by atoms with Crippen LogP contribution < -0.4 is 0 Å². The third kappa shape index (κ3) is 1.88. The Labute approximate surface area is 85.2 Å². The highest BCUT2D eigenvalue weighted by Crippen LogP contribution is 2.09. The zero-order valence-electron chi connectivity index (χ0n) is 7.67. The number of Topliss-reactive ketones (excluding diaryl/α,β-unsaturated/α-hetero) is 1. The number of hydrogen-bond donors (Lipinski definition) is 0. The topological polar surface area (TPSA) is 47.8 Å². The molecule has 14 heavy (non-hydrogen) atoms. The zero-order valence-corrected chi connectivity index (χ0v) is 8.49. The van der Waals surface area contributed by atoms with Gasteiger partial charge >= 0.3 is 0 Å². The molecular weight excluding hydrogens is 198 g/mol. The summed E-state index contributed by atoms with van der Waals surface area (Å²) in [5.41, 5.74) is 1.46. The maximum absolute atomic E-state index is 11.6. The highest BCUT2D eigenvalue weighted by Gasteiger charge is 2.09. The Balaban J connectivity index is 2.09. The number of carbonyl (C=O) groups excluding carboxylic acids is 1. The molecule has 0 saturated heterocycles. The number of aryl methyl sites for hydroxylation is 1. The lowest BCUT2D eigenvalue weighted by molar-refractivity contribution is 0.0992. The van der Waals surface area contributed by atoms with Crippen molar-refractivity contribution in [3.63, 3.8) is 0 Å². The number of aromatic nitrogens is 3. The molecule has 0 unspecified atom stereocenters. The summed E-state index contributed by atoms with van der Waals surface area (Å²) >= 11 is 1.52. The van der Waals surface area contributed by atoms with Crippen molar-refractivity contribution in [3.05, 3.63) is 34.3 Å². The van der Waals surface area contributed by atoms with Gasteiger partial charge in [0, 0.05) is 24.2 Å². The predicted octanol–water partition coefficient (Wildman–Crippen LogP) is 1.30. The fourth-order valence-electron chi connectivity index (χ4n) is 1.17. The van der Waals surface area contributed by atoms with E-state index in [1.807, 2.05) is 16.8 Å². The van der Waals surface area contributed by atoms with E-state index in [-0.39, 0.29) is 5.78 Å². The number of ketones is 1. The summed E-state index contributed by atoms with van der Waals surface area (Å²) in [5, 5.41) is 11.4. The first kappa shape index (κ1) is 9.08. The number of carbonyl (C=O) groups is 1. The fourth-order valence-corrected chi connectivity index (χ4v) is 1.83. The smallest absolute Gasteiger partial charge is 0.169 e. The average Bonchev–Trinajstić information content (AvgIpc) is 2.75. The van der Waals surface area contributed by atoms with E-state index in [2.05, 4.69) is 10.3 Å². The number of hydrogen-bond acceptors (Lipinski definition) is 4. The Morgan fingerprint density at radius 1 is 1.64 bits per heavy atom. The van der Waals surface area contributed by atoms with Crippen molar-refractivity contribution in [2.24, 2.45) is 7.05 Å². The van der Waals surface area contributed by atoms with Crippen molar-refractivity contribution in [1.29, 1.82) is 0 Å². The normalized spacial score (nSPS) is 10.4. The van der Waals surface area contributed by atoms with Crippen LogP contribution in [0.5, 0.6) is 0 Å². The molecule has 0 aliphatic heterocycles. The van der Waals surface area contributed by atoms with Gasteiger partial charge < -0.3 is 0 Å². The lowest BCUT2D eigenvalue weighted by atomic mass is 10.1. The van der Waals surface area contributed by atoms with Gasteiger partial charge in [0.1, 0.15) is 0 Å². The van der Waals surface area contributed by atoms with Crippen molar-refractivity contribution in [2.45, 2.75) is 6.42 Å². The van der Waals surface area contributed by atoms with Crippen LogP contribution in [-0.4, -0.2) is 20.8 Å². The summed E-state index contributed by atoms with van der Waals surface area (Å²) in [6.07, 6.45) is 2.08. The average molecular weight is 207 g/mol. The molecule has 4 nitrogen and oxygen atoms in total. The Hall–Kier alpha value is -1.49. The Kier molecular flexibility index (Phi) is 2.41. The summed E-state index contributed by atoms with van der Waals surface area (Å²) in [7, 11) is 1.78. The number of nitrogens with zero attached hydrogens (tertiary/aromatic N) is 3. The molecule has 0 bridgehead atoms. The Morgan fingerprint density at radius 3 is 3.07 bits per heavy atom. The van der Waals surface area contributed by atoms with E-state index in [9.17, 15) is 4.79 Å². The minimum absolute atomic E-state index is 0.0896. The first-order chi connectivity index (χ1) is 6.75. The van der Waals surface area contributed by atoms with Crippen molar-refractivity contribution in [3.8, 4) is 0 Å². The first-order valence-corrected chi connectivity index (χ1v) is 5.10. The van der Waals surface area contributed by atoms with Gasteiger partial charge in [-0.05, 0) is 11.4 Å². The van der Waals surface area contributed by atoms with Crippen LogP contribution in [-0.2, 0) is 13.5 Å². The van der Waals surface area contributed by atoms with Gasteiger partial charge in [-0.2, -0.15) is 11.3 Å². The second-order valence-electron chi connectivity index (χ2n) is 3.00. The molecule has 0 N–H and O–H groups in total. The van der Waals surface area contributed by atoms with E-state index >= 15 is 0 Å². The number of thiophene rings is 1. The van der Waals surface area contributed by atoms with E-state index < -0.39 is 0 Å². The quantitative estimate of drug-likeness (QED) is 0.713. The minimum atomic E-state index is 0.0896. The predicted molar refractivity (Wildman–Crippen MR) is 53.4 cm³/mol. The third-order valence-corrected chi connectivity index (χ3v) is 2.52. The van der Waals surface area contributed by atoms with Gasteiger partial charge in [0.15, 0.2) is 5.78 Å². The van der Waals surface area contributed by atoms with Crippen LogP contribution in [0.1, 0.15) is 16.1 Å². The molecule has 2 aromatic heterocycles. The van der Waals surface area contributed by atoms with Crippen LogP contribution in [0.25, 0.3) is 0 Å². The second kappa shape index (κ2) is 3.71. The molecule has 0 fully saturated rings. The second-order valence-corrected chi connectivity index (χ2v) is 3.78. The Bertz CT molecular complexity index is 433. The van der Waals surface area contributed by atoms with Crippen LogP contribution in [0, 0.1) is 0 Å². The molecule has 0 aliphatic carbocycles. The molecule has 0 spiro atoms. The van der Waals surface area contributed by atoms with Crippen LogP contribution in [0.15, 0.2) is 23.0 Å². The molecule has 5 heteroatoms. The Morgan fingerprint density at radius 2 is 2.50 bits per heavy atom. The SMILES string of the molecule is Cn1cc(CC(=O)c2ccsc2)nn1. The van der Waals surface area contributed by atoms with E-state index in [4.69, 9.17) is 0 Å². The molecule has 2 aromatic rings. The molecule has 2 rings (SSSR count). The summed E-state index contributed by atoms with van der Waals surface area (Å²) in [5.74, 6) is 0.0896. The maximum Gasteiger partial charge on any atom is 0.169 e. The number of rotatable bonds is 3. The first-order valence-electron chi connectivity index (χ1n) is 4.16. The lowest BCUT2D eigenvalue weighted by Gasteiger charge is -1.92. The van der Waals surface area contributed by atoms with Crippen molar-refractivity contribution in [2.75, 3.05) is 0 Å². The standard InChI is InChI=1S/C9H9N3OS/c1-12-5-8(10-11-12)4-9(13)7-2-3-14-6-7/h2-3,5-6H,4H2,1H3. The highest BCUT2D eigenvalue weighted by atomic mass is 32.1. The molecule has 2 heterocycles. The lowest BCUT2D eigenvalue weighted by Crippen LogP contribution is -2.02. The highest BCUT2D eigenvalue weighted by molar-refractivity contribution is 7.08. The fraction of sp³-hybridized carbons (Fsp3) is 0.222. The van der Waals surface area contributed by atoms with Crippen LogP contribution >= 0.6 is 11.3 Å². The monoisotopic (exact) mass is 207 g/mol. The van der Waals surface area contributed by atoms with E-state index in [0.717, 1.165) is 5.56 Å². The van der Waals surface area contributed by atoms with Crippen LogP contribution in [0.3, 0.4) is 0 Å². The van der Waals surface area contributed by atoms with Gasteiger partial charge in [0.2, 0.25) is 0 Å². The van der Waals surface area contributed by atoms with Gasteiger partial charge in [-0.15, -0.1) is 5.10 Å². The van der Waals surface area contributed by atoms with E-state index in [0.29, 0.717) is 12.1 Å². The van der Waals surface area contributed by atoms with Crippen molar-refractivity contribution >= 4 is 17.1 Å². The van der Waals surface area contributed by atoms with Gasteiger partial charge in [0.25, 0.3) is 0 Å². The van der Waals surface area contributed by atoms with E-state index in [1.54, 1.807) is 17.9 Å². The van der Waals surface area contributed by atoms with Gasteiger partial charge in [0.05, 0.1) is 12.1 Å². The van der Waals surface area contributed by atoms with Crippen LogP contribution in [0.2, 0.25) is 0 Å². The largest absolute Gasteiger partial charge is 0.294 e. The summed E-state index contributed by atoms with van der Waals surface area (Å²) in [6, 6.07) is 1.82. The molecule has 0 amide bonds. The van der Waals surface area contributed by atoms with Crippen molar-refractivity contribution < 1.29 is 4.79 Å². The molecule has 0 atom stereocenters. The zero-order chi connectivity index (χ0) is 9.97. The van der Waals surface area contributed by atoms with E-state index in [1.165, 1.54) is 11.3 Å². The minimum Gasteiger partial charge on any atom is -0.294 e. The maximum atomic E-state index is 11.6. The molecule has 0 radical (unpaired) electrons. The van der Waals surface area contributed by atoms with Gasteiger partial charge in [-0.1, -0.05) is 5.21 Å². The molecule has 0 saturated carbocycles. The summed E-state index contributed by atoms with van der Waals surface area (Å²) < 4.78 is 1.59. The van der Waals surface area contributed by atoms with Crippen LogP contribution in [0.4, 0.5) is 0 Å². The van der Waals surface area contributed by atoms with Gasteiger partial charge in [-0.3, -0.25) is 9.48 Å². The summed E-state index contributed by atoms with van der Waals surface area (Å²) in [6.45, 7) is 0. The third-order valence-electron chi connectivity index (χ3n) is 1.83. The molecule has 72 valence electrons.